The topological polar surface area (TPSA) is 81.1 Å². The lowest BCUT2D eigenvalue weighted by Gasteiger charge is -2.14. The monoisotopic (exact) mass is 391 g/mol. The summed E-state index contributed by atoms with van der Waals surface area (Å²) in [5.41, 5.74) is 1.91. The minimum atomic E-state index is -3.48. The van der Waals surface area contributed by atoms with Gasteiger partial charge in [-0.2, -0.15) is 9.78 Å². The van der Waals surface area contributed by atoms with Gasteiger partial charge in [-0.05, 0) is 24.3 Å². The fourth-order valence-electron chi connectivity index (χ4n) is 3.11. The Morgan fingerprint density at radius 3 is 2.14 bits per heavy atom. The van der Waals surface area contributed by atoms with Crippen molar-refractivity contribution in [3.8, 4) is 16.9 Å². The quantitative estimate of drug-likeness (QED) is 0.578. The van der Waals surface area contributed by atoms with Crippen molar-refractivity contribution in [3.63, 3.8) is 0 Å². The van der Waals surface area contributed by atoms with Crippen LogP contribution in [0.3, 0.4) is 0 Å². The number of hydrogen-bond donors (Lipinski definition) is 1. The number of sulfonamides is 1. The van der Waals surface area contributed by atoms with E-state index in [0.717, 1.165) is 6.26 Å². The van der Waals surface area contributed by atoms with Gasteiger partial charge in [0.05, 0.1) is 23.0 Å². The zero-order chi connectivity index (χ0) is 19.7. The highest BCUT2D eigenvalue weighted by atomic mass is 32.2. The van der Waals surface area contributed by atoms with E-state index >= 15 is 0 Å². The highest BCUT2D eigenvalue weighted by molar-refractivity contribution is 7.92. The molecule has 0 atom stereocenters. The molecule has 0 saturated heterocycles. The van der Waals surface area contributed by atoms with Gasteiger partial charge in [-0.25, -0.2) is 8.42 Å². The molecule has 1 aromatic heterocycles. The first kappa shape index (κ1) is 17.9. The molecule has 28 heavy (non-hydrogen) atoms. The summed E-state index contributed by atoms with van der Waals surface area (Å²) in [5, 5.41) is 5.76. The van der Waals surface area contributed by atoms with E-state index in [1.165, 1.54) is 4.68 Å². The zero-order valence-electron chi connectivity index (χ0n) is 15.0. The van der Waals surface area contributed by atoms with E-state index in [0.29, 0.717) is 33.4 Å². The van der Waals surface area contributed by atoms with E-state index in [1.54, 1.807) is 48.5 Å². The second kappa shape index (κ2) is 6.94. The number of nitrogens with zero attached hydrogens (tertiary/aromatic N) is 2. The van der Waals surface area contributed by atoms with Crippen LogP contribution in [0, 0.1) is 0 Å². The Kier molecular flexibility index (Phi) is 4.44. The molecule has 0 aliphatic heterocycles. The lowest BCUT2D eigenvalue weighted by molar-refractivity contribution is 0.607. The Balaban J connectivity index is 2.06. The minimum Gasteiger partial charge on any atom is -0.283 e. The van der Waals surface area contributed by atoms with Crippen molar-refractivity contribution in [2.45, 2.75) is 0 Å². The smallest absolute Gasteiger partial charge is 0.279 e. The Hall–Kier alpha value is -3.45. The van der Waals surface area contributed by atoms with Crippen LogP contribution >= 0.6 is 0 Å². The van der Waals surface area contributed by atoms with Crippen molar-refractivity contribution in [1.82, 2.24) is 9.78 Å². The maximum Gasteiger partial charge on any atom is 0.279 e. The molecule has 0 fully saturated rings. The molecule has 6 nitrogen and oxygen atoms in total. The number of para-hydroxylation sites is 2. The number of fused-ring (bicyclic) bond motifs is 1. The molecule has 4 rings (SSSR count). The average Bonchev–Trinajstić information content (AvgIpc) is 2.69. The molecule has 0 unspecified atom stereocenters. The van der Waals surface area contributed by atoms with Gasteiger partial charge in [-0.15, -0.1) is 0 Å². The van der Waals surface area contributed by atoms with Crippen LogP contribution in [0.1, 0.15) is 0 Å². The van der Waals surface area contributed by atoms with Crippen LogP contribution in [0.5, 0.6) is 0 Å². The molecule has 0 radical (unpaired) electrons. The van der Waals surface area contributed by atoms with Gasteiger partial charge in [0.15, 0.2) is 0 Å². The third-order valence-corrected chi connectivity index (χ3v) is 4.87. The van der Waals surface area contributed by atoms with E-state index in [2.05, 4.69) is 9.82 Å². The zero-order valence-corrected chi connectivity index (χ0v) is 15.8. The van der Waals surface area contributed by atoms with E-state index in [-0.39, 0.29) is 5.56 Å². The summed E-state index contributed by atoms with van der Waals surface area (Å²) < 4.78 is 27.5. The Labute approximate surface area is 162 Å². The molecule has 3 aromatic carbocycles. The van der Waals surface area contributed by atoms with Crippen LogP contribution in [-0.4, -0.2) is 24.5 Å². The van der Waals surface area contributed by atoms with Gasteiger partial charge in [-0.3, -0.25) is 9.52 Å². The fraction of sp³-hybridized carbons (Fsp3) is 0.0476. The summed E-state index contributed by atoms with van der Waals surface area (Å²) in [6.45, 7) is 0. The number of hydrogen-bond acceptors (Lipinski definition) is 4. The predicted molar refractivity (Wildman–Crippen MR) is 111 cm³/mol. The van der Waals surface area contributed by atoms with Gasteiger partial charge in [0, 0.05) is 10.9 Å². The number of benzene rings is 3. The molecule has 1 N–H and O–H groups in total. The van der Waals surface area contributed by atoms with E-state index < -0.39 is 10.0 Å². The van der Waals surface area contributed by atoms with Crippen molar-refractivity contribution >= 4 is 26.5 Å². The van der Waals surface area contributed by atoms with Crippen molar-refractivity contribution in [2.75, 3.05) is 11.0 Å². The van der Waals surface area contributed by atoms with Crippen molar-refractivity contribution < 1.29 is 8.42 Å². The normalized spacial score (nSPS) is 11.5. The van der Waals surface area contributed by atoms with Crippen LogP contribution in [-0.2, 0) is 10.0 Å². The van der Waals surface area contributed by atoms with Crippen LogP contribution < -0.4 is 10.3 Å². The Bertz CT molecular complexity index is 1330. The SMILES string of the molecule is CS(=O)(=O)Nc1ccccc1-c1nn(-c2ccccc2)c(=O)c2ccccc12. The lowest BCUT2D eigenvalue weighted by atomic mass is 10.0. The summed E-state index contributed by atoms with van der Waals surface area (Å²) in [5.74, 6) is 0. The molecule has 0 bridgehead atoms. The fourth-order valence-corrected chi connectivity index (χ4v) is 3.69. The third kappa shape index (κ3) is 3.39. The highest BCUT2D eigenvalue weighted by Gasteiger charge is 2.16. The predicted octanol–water partition coefficient (Wildman–Crippen LogP) is 3.42. The maximum absolute atomic E-state index is 13.0. The second-order valence-electron chi connectivity index (χ2n) is 6.37. The maximum atomic E-state index is 13.0. The number of nitrogens with one attached hydrogen (secondary N) is 1. The molecule has 0 aliphatic rings. The van der Waals surface area contributed by atoms with Crippen molar-refractivity contribution in [2.24, 2.45) is 0 Å². The summed E-state index contributed by atoms with van der Waals surface area (Å²) >= 11 is 0. The van der Waals surface area contributed by atoms with Crippen LogP contribution in [0.4, 0.5) is 5.69 Å². The summed E-state index contributed by atoms with van der Waals surface area (Å²) in [7, 11) is -3.48. The van der Waals surface area contributed by atoms with E-state index in [9.17, 15) is 13.2 Å². The number of anilines is 1. The average molecular weight is 391 g/mol. The Morgan fingerprint density at radius 2 is 1.43 bits per heavy atom. The molecule has 0 saturated carbocycles. The molecule has 0 aliphatic carbocycles. The molecule has 4 aromatic rings. The molecule has 0 amide bonds. The number of aromatic nitrogens is 2. The first-order chi connectivity index (χ1) is 13.4. The minimum absolute atomic E-state index is 0.237. The molecule has 1 heterocycles. The summed E-state index contributed by atoms with van der Waals surface area (Å²) in [6.07, 6.45) is 1.10. The lowest BCUT2D eigenvalue weighted by Crippen LogP contribution is -2.22. The number of rotatable bonds is 4. The molecule has 7 heteroatoms. The first-order valence-electron chi connectivity index (χ1n) is 8.59. The second-order valence-corrected chi connectivity index (χ2v) is 8.11. The summed E-state index contributed by atoms with van der Waals surface area (Å²) in [4.78, 5) is 13.0. The largest absolute Gasteiger partial charge is 0.283 e. The van der Waals surface area contributed by atoms with Crippen LogP contribution in [0.25, 0.3) is 27.7 Å². The molecule has 140 valence electrons. The molecular formula is C21H17N3O3S. The molecule has 0 spiro atoms. The third-order valence-electron chi connectivity index (χ3n) is 4.28. The Morgan fingerprint density at radius 1 is 0.821 bits per heavy atom. The van der Waals surface area contributed by atoms with Gasteiger partial charge >= 0.3 is 0 Å². The van der Waals surface area contributed by atoms with Gasteiger partial charge in [-0.1, -0.05) is 54.6 Å². The first-order valence-corrected chi connectivity index (χ1v) is 10.5. The van der Waals surface area contributed by atoms with Crippen LogP contribution in [0.2, 0.25) is 0 Å². The van der Waals surface area contributed by atoms with Gasteiger partial charge in [0.25, 0.3) is 5.56 Å². The van der Waals surface area contributed by atoms with Gasteiger partial charge < -0.3 is 0 Å². The van der Waals surface area contributed by atoms with Gasteiger partial charge in [0.2, 0.25) is 10.0 Å². The van der Waals surface area contributed by atoms with Crippen molar-refractivity contribution in [1.29, 1.82) is 0 Å². The standard InChI is InChI=1S/C21H17N3O3S/c1-28(26,27)23-19-14-8-7-13-18(19)20-16-11-5-6-12-17(16)21(25)24(22-20)15-9-3-2-4-10-15/h2-14,23H,1H3. The van der Waals surface area contributed by atoms with Gasteiger partial charge in [0.1, 0.15) is 5.69 Å². The van der Waals surface area contributed by atoms with Crippen LogP contribution in [0.15, 0.2) is 83.7 Å². The summed E-state index contributed by atoms with van der Waals surface area (Å²) in [6, 6.07) is 23.3. The van der Waals surface area contributed by atoms with Crippen molar-refractivity contribution in [3.05, 3.63) is 89.2 Å². The van der Waals surface area contributed by atoms with E-state index in [1.807, 2.05) is 30.3 Å². The highest BCUT2D eigenvalue weighted by Crippen LogP contribution is 2.31. The molecular weight excluding hydrogens is 374 g/mol. The van der Waals surface area contributed by atoms with E-state index in [4.69, 9.17) is 0 Å².